The van der Waals surface area contributed by atoms with Crippen LogP contribution in [-0.4, -0.2) is 35.2 Å². The van der Waals surface area contributed by atoms with Gasteiger partial charge in [0, 0.05) is 30.6 Å². The first-order valence-corrected chi connectivity index (χ1v) is 8.65. The molecule has 0 unspecified atom stereocenters. The van der Waals surface area contributed by atoms with Crippen LogP contribution >= 0.6 is 11.3 Å². The molecule has 3 aromatic rings. The van der Waals surface area contributed by atoms with Crippen LogP contribution in [-0.2, 0) is 0 Å². The Labute approximate surface area is 154 Å². The number of rotatable bonds is 5. The summed E-state index contributed by atoms with van der Waals surface area (Å²) in [5.74, 6) is 0.618. The van der Waals surface area contributed by atoms with E-state index in [2.05, 4.69) is 20.5 Å². The van der Waals surface area contributed by atoms with E-state index in [1.54, 1.807) is 42.5 Å². The number of aromatic nitrogens is 2. The van der Waals surface area contributed by atoms with Crippen LogP contribution in [0.15, 0.2) is 29.6 Å². The summed E-state index contributed by atoms with van der Waals surface area (Å²) in [6, 6.07) is 4.98. The Balaban J connectivity index is 1.88. The first kappa shape index (κ1) is 17.7. The van der Waals surface area contributed by atoms with Gasteiger partial charge in [0.1, 0.15) is 16.8 Å². The topological polar surface area (TPSA) is 96.6 Å². The largest absolute Gasteiger partial charge is 0.372 e. The van der Waals surface area contributed by atoms with E-state index in [1.807, 2.05) is 13.8 Å². The van der Waals surface area contributed by atoms with Gasteiger partial charge in [-0.1, -0.05) is 6.07 Å². The number of hydrogen-bond acceptors (Lipinski definition) is 8. The minimum absolute atomic E-state index is 0.0349. The van der Waals surface area contributed by atoms with E-state index in [4.69, 9.17) is 0 Å². The average Bonchev–Trinajstić information content (AvgIpc) is 2.89. The van der Waals surface area contributed by atoms with Gasteiger partial charge in [-0.3, -0.25) is 15.5 Å². The Bertz CT molecular complexity index is 1010. The molecule has 0 spiro atoms. The van der Waals surface area contributed by atoms with Gasteiger partial charge >= 0.3 is 0 Å². The smallest absolute Gasteiger partial charge is 0.293 e. The van der Waals surface area contributed by atoms with E-state index in [9.17, 15) is 10.1 Å². The number of nitrogens with one attached hydrogen (secondary N) is 1. The molecule has 0 aliphatic heterocycles. The Morgan fingerprint density at radius 1 is 1.31 bits per heavy atom. The zero-order chi connectivity index (χ0) is 18.8. The predicted octanol–water partition coefficient (Wildman–Crippen LogP) is 3.73. The lowest BCUT2D eigenvalue weighted by Gasteiger charge is -2.12. The first-order chi connectivity index (χ1) is 12.4. The zero-order valence-electron chi connectivity index (χ0n) is 14.8. The third-order valence-corrected chi connectivity index (χ3v) is 5.14. The summed E-state index contributed by atoms with van der Waals surface area (Å²) in [4.78, 5) is 23.2. The summed E-state index contributed by atoms with van der Waals surface area (Å²) >= 11 is 1.61. The number of aryl methyl sites for hydroxylation is 2. The van der Waals surface area contributed by atoms with Crippen LogP contribution in [0.4, 0.5) is 17.2 Å². The molecule has 2 heterocycles. The van der Waals surface area contributed by atoms with Gasteiger partial charge in [0.15, 0.2) is 5.82 Å². The highest BCUT2D eigenvalue weighted by atomic mass is 32.1. The number of fused-ring (bicyclic) bond motifs is 1. The van der Waals surface area contributed by atoms with E-state index >= 15 is 0 Å². The molecular formula is C17H18N6O2S. The summed E-state index contributed by atoms with van der Waals surface area (Å²) in [6.07, 6.45) is 3.03. The number of hydrogen-bond donors (Lipinski definition) is 1. The van der Waals surface area contributed by atoms with Crippen LogP contribution in [0, 0.1) is 24.0 Å². The third kappa shape index (κ3) is 3.33. The molecule has 0 saturated carbocycles. The minimum Gasteiger partial charge on any atom is -0.372 e. The molecule has 8 nitrogen and oxygen atoms in total. The van der Waals surface area contributed by atoms with Gasteiger partial charge in [0.25, 0.3) is 5.69 Å². The SMILES string of the molecule is Cc1sc2ncnc(N/N=C\c3ccc(N(C)C)c([N+](=O)[O-])c3)c2c1C. The second kappa shape index (κ2) is 7.04. The Morgan fingerprint density at radius 2 is 2.08 bits per heavy atom. The average molecular weight is 370 g/mol. The van der Waals surface area contributed by atoms with E-state index in [0.717, 1.165) is 15.8 Å². The molecule has 0 saturated heterocycles. The molecule has 1 N–H and O–H groups in total. The molecular weight excluding hydrogens is 352 g/mol. The summed E-state index contributed by atoms with van der Waals surface area (Å²) in [7, 11) is 3.53. The summed E-state index contributed by atoms with van der Waals surface area (Å²) in [6.45, 7) is 4.07. The standard InChI is InChI=1S/C17H18N6O2S/c1-10-11(2)26-17-15(10)16(18-9-19-17)21-20-8-12-5-6-13(22(3)4)14(7-12)23(24)25/h5-9H,1-4H3,(H,18,19,21)/b20-8-. The number of hydrazone groups is 1. The lowest BCUT2D eigenvalue weighted by Crippen LogP contribution is -2.11. The van der Waals surface area contributed by atoms with Crippen molar-refractivity contribution in [2.24, 2.45) is 5.10 Å². The summed E-state index contributed by atoms with van der Waals surface area (Å²) in [5, 5.41) is 16.4. The number of nitrogens with zero attached hydrogens (tertiary/aromatic N) is 5. The van der Waals surface area contributed by atoms with Gasteiger partial charge in [-0.05, 0) is 25.5 Å². The van der Waals surface area contributed by atoms with Crippen molar-refractivity contribution in [2.75, 3.05) is 24.4 Å². The van der Waals surface area contributed by atoms with Gasteiger partial charge in [-0.2, -0.15) is 5.10 Å². The van der Waals surface area contributed by atoms with Gasteiger partial charge in [-0.15, -0.1) is 11.3 Å². The lowest BCUT2D eigenvalue weighted by molar-refractivity contribution is -0.384. The molecule has 3 rings (SSSR count). The van der Waals surface area contributed by atoms with Gasteiger partial charge in [0.05, 0.1) is 16.5 Å². The molecule has 0 bridgehead atoms. The maximum absolute atomic E-state index is 11.3. The molecule has 0 fully saturated rings. The Morgan fingerprint density at radius 3 is 2.77 bits per heavy atom. The first-order valence-electron chi connectivity index (χ1n) is 7.84. The highest BCUT2D eigenvalue weighted by Gasteiger charge is 2.15. The van der Waals surface area contributed by atoms with Crippen molar-refractivity contribution in [2.45, 2.75) is 13.8 Å². The number of nitro benzene ring substituents is 1. The molecule has 9 heteroatoms. The number of anilines is 2. The fourth-order valence-electron chi connectivity index (χ4n) is 2.58. The second-order valence-corrected chi connectivity index (χ2v) is 7.16. The molecule has 0 aliphatic carbocycles. The van der Waals surface area contributed by atoms with Crippen LogP contribution in [0.1, 0.15) is 16.0 Å². The molecule has 0 aliphatic rings. The predicted molar refractivity (Wildman–Crippen MR) is 106 cm³/mol. The van der Waals surface area contributed by atoms with Crippen molar-refractivity contribution in [3.63, 3.8) is 0 Å². The van der Waals surface area contributed by atoms with Crippen LogP contribution in [0.5, 0.6) is 0 Å². The van der Waals surface area contributed by atoms with E-state index in [0.29, 0.717) is 17.1 Å². The fraction of sp³-hybridized carbons (Fsp3) is 0.235. The zero-order valence-corrected chi connectivity index (χ0v) is 15.7. The van der Waals surface area contributed by atoms with Crippen molar-refractivity contribution in [3.8, 4) is 0 Å². The van der Waals surface area contributed by atoms with Gasteiger partial charge < -0.3 is 4.90 Å². The molecule has 134 valence electrons. The second-order valence-electron chi connectivity index (χ2n) is 5.96. The van der Waals surface area contributed by atoms with E-state index in [-0.39, 0.29) is 5.69 Å². The van der Waals surface area contributed by atoms with Crippen molar-refractivity contribution >= 4 is 45.0 Å². The quantitative estimate of drug-likeness (QED) is 0.418. The Hall–Kier alpha value is -3.07. The van der Waals surface area contributed by atoms with Gasteiger partial charge in [-0.25, -0.2) is 9.97 Å². The number of nitro groups is 1. The van der Waals surface area contributed by atoms with E-state index < -0.39 is 4.92 Å². The van der Waals surface area contributed by atoms with Gasteiger partial charge in [0.2, 0.25) is 0 Å². The molecule has 1 aromatic carbocycles. The maximum Gasteiger partial charge on any atom is 0.293 e. The van der Waals surface area contributed by atoms with E-state index in [1.165, 1.54) is 23.5 Å². The fourth-order valence-corrected chi connectivity index (χ4v) is 3.58. The number of benzene rings is 1. The van der Waals surface area contributed by atoms with Crippen molar-refractivity contribution < 1.29 is 4.92 Å². The highest BCUT2D eigenvalue weighted by Crippen LogP contribution is 2.32. The normalized spacial score (nSPS) is 11.2. The van der Waals surface area contributed by atoms with Crippen molar-refractivity contribution in [1.29, 1.82) is 0 Å². The Kier molecular flexibility index (Phi) is 4.81. The van der Waals surface area contributed by atoms with Crippen molar-refractivity contribution in [1.82, 2.24) is 9.97 Å². The monoisotopic (exact) mass is 370 g/mol. The van der Waals surface area contributed by atoms with Crippen LogP contribution < -0.4 is 10.3 Å². The molecule has 0 atom stereocenters. The van der Waals surface area contributed by atoms with Crippen LogP contribution in [0.2, 0.25) is 0 Å². The lowest BCUT2D eigenvalue weighted by atomic mass is 10.2. The highest BCUT2D eigenvalue weighted by molar-refractivity contribution is 7.18. The maximum atomic E-state index is 11.3. The molecule has 2 aromatic heterocycles. The number of thiophene rings is 1. The summed E-state index contributed by atoms with van der Waals surface area (Å²) in [5.41, 5.74) is 5.24. The minimum atomic E-state index is -0.397. The van der Waals surface area contributed by atoms with Crippen molar-refractivity contribution in [3.05, 3.63) is 50.6 Å². The molecule has 0 radical (unpaired) electrons. The molecule has 26 heavy (non-hydrogen) atoms. The molecule has 0 amide bonds. The van der Waals surface area contributed by atoms with Crippen LogP contribution in [0.25, 0.3) is 10.2 Å². The third-order valence-electron chi connectivity index (χ3n) is 4.03. The summed E-state index contributed by atoms with van der Waals surface area (Å²) < 4.78 is 0. The van der Waals surface area contributed by atoms with Crippen LogP contribution in [0.3, 0.4) is 0 Å².